The van der Waals surface area contributed by atoms with Gasteiger partial charge < -0.3 is 19.7 Å². The van der Waals surface area contributed by atoms with Crippen molar-refractivity contribution in [2.45, 2.75) is 57.8 Å². The summed E-state index contributed by atoms with van der Waals surface area (Å²) >= 11 is 0. The lowest BCUT2D eigenvalue weighted by Crippen LogP contribution is -2.45. The van der Waals surface area contributed by atoms with E-state index in [4.69, 9.17) is 9.47 Å². The van der Waals surface area contributed by atoms with E-state index in [1.807, 2.05) is 24.3 Å². The average Bonchev–Trinajstić information content (AvgIpc) is 3.46. The number of anilines is 1. The Morgan fingerprint density at radius 3 is 2.63 bits per heavy atom. The van der Waals surface area contributed by atoms with Gasteiger partial charge in [0.1, 0.15) is 11.4 Å². The van der Waals surface area contributed by atoms with Gasteiger partial charge >= 0.3 is 0 Å². The van der Waals surface area contributed by atoms with Gasteiger partial charge in [-0.15, -0.1) is 0 Å². The minimum atomic E-state index is -0.210. The molecule has 1 saturated heterocycles. The van der Waals surface area contributed by atoms with Crippen LogP contribution in [0.4, 0.5) is 5.69 Å². The molecule has 2 heterocycles. The molecular weight excluding hydrogens is 378 g/mol. The van der Waals surface area contributed by atoms with Crippen molar-refractivity contribution in [1.82, 2.24) is 10.3 Å². The molecule has 1 aliphatic heterocycles. The van der Waals surface area contributed by atoms with Crippen LogP contribution in [0.5, 0.6) is 5.75 Å². The Morgan fingerprint density at radius 1 is 1.23 bits per heavy atom. The highest BCUT2D eigenvalue weighted by molar-refractivity contribution is 5.94. The maximum Gasteiger partial charge on any atom is 0.270 e. The summed E-state index contributed by atoms with van der Waals surface area (Å²) in [6.45, 7) is 7.85. The number of morpholine rings is 1. The van der Waals surface area contributed by atoms with E-state index in [0.29, 0.717) is 5.69 Å². The minimum absolute atomic E-state index is 0.115. The highest BCUT2D eigenvalue weighted by atomic mass is 16.5. The molecule has 1 N–H and O–H groups in total. The minimum Gasteiger partial charge on any atom is -0.496 e. The van der Waals surface area contributed by atoms with E-state index in [-0.39, 0.29) is 23.7 Å². The molecule has 0 radical (unpaired) electrons. The summed E-state index contributed by atoms with van der Waals surface area (Å²) in [6, 6.07) is 10.0. The molecule has 1 aliphatic carbocycles. The van der Waals surface area contributed by atoms with Crippen molar-refractivity contribution in [3.63, 3.8) is 0 Å². The maximum atomic E-state index is 13.0. The van der Waals surface area contributed by atoms with Crippen molar-refractivity contribution in [2.75, 3.05) is 25.1 Å². The van der Waals surface area contributed by atoms with E-state index in [1.54, 1.807) is 13.3 Å². The number of carbonyl (C=O) groups excluding carboxylic acids is 1. The van der Waals surface area contributed by atoms with E-state index in [9.17, 15) is 4.79 Å². The normalized spacial score (nSPS) is 22.5. The molecule has 30 heavy (non-hydrogen) atoms. The lowest BCUT2D eigenvalue weighted by molar-refractivity contribution is -0.00522. The molecule has 2 aromatic rings. The second-order valence-electron chi connectivity index (χ2n) is 8.79. The van der Waals surface area contributed by atoms with Crippen molar-refractivity contribution in [2.24, 2.45) is 0 Å². The third-order valence-electron chi connectivity index (χ3n) is 5.96. The highest BCUT2D eigenvalue weighted by Gasteiger charge is 2.44. The summed E-state index contributed by atoms with van der Waals surface area (Å²) in [5.74, 6) is 0.757. The number of ether oxygens (including phenoxy) is 2. The van der Waals surface area contributed by atoms with Crippen LogP contribution < -0.4 is 15.0 Å². The van der Waals surface area contributed by atoms with Crippen molar-refractivity contribution in [3.05, 3.63) is 53.3 Å². The Balaban J connectivity index is 1.47. The first-order chi connectivity index (χ1) is 14.4. The number of hydrogen-bond donors (Lipinski definition) is 1. The van der Waals surface area contributed by atoms with Crippen LogP contribution in [-0.2, 0) is 11.2 Å². The summed E-state index contributed by atoms with van der Waals surface area (Å²) in [6.07, 6.45) is 4.75. The SMILES string of the molecule is COc1ccc(C)cc1CC1(NC(=O)c2cc(N3C[C@@H](C)O[C@@H](C)C3)ccn2)CC1. The average molecular weight is 410 g/mol. The van der Waals surface area contributed by atoms with Crippen LogP contribution in [0.2, 0.25) is 0 Å². The van der Waals surface area contributed by atoms with Crippen LogP contribution in [0, 0.1) is 6.92 Å². The van der Waals surface area contributed by atoms with Crippen LogP contribution in [0.15, 0.2) is 36.5 Å². The van der Waals surface area contributed by atoms with Gasteiger partial charge in [0, 0.05) is 30.5 Å². The van der Waals surface area contributed by atoms with Gasteiger partial charge in [0.25, 0.3) is 5.91 Å². The molecule has 0 unspecified atom stereocenters. The van der Waals surface area contributed by atoms with E-state index in [2.05, 4.69) is 42.0 Å². The molecule has 0 spiro atoms. The lowest BCUT2D eigenvalue weighted by Gasteiger charge is -2.36. The molecular formula is C24H31N3O3. The van der Waals surface area contributed by atoms with Crippen LogP contribution in [-0.4, -0.2) is 48.8 Å². The number of rotatable bonds is 6. The largest absolute Gasteiger partial charge is 0.496 e. The molecule has 6 heteroatoms. The smallest absolute Gasteiger partial charge is 0.270 e. The van der Waals surface area contributed by atoms with Gasteiger partial charge in [-0.3, -0.25) is 9.78 Å². The first-order valence-electron chi connectivity index (χ1n) is 10.7. The van der Waals surface area contributed by atoms with E-state index in [1.165, 1.54) is 5.56 Å². The molecule has 2 atom stereocenters. The molecule has 1 aromatic heterocycles. The lowest BCUT2D eigenvalue weighted by atomic mass is 10.0. The second-order valence-corrected chi connectivity index (χ2v) is 8.79. The van der Waals surface area contributed by atoms with Crippen LogP contribution in [0.1, 0.15) is 48.3 Å². The number of carbonyl (C=O) groups is 1. The Kier molecular flexibility index (Phi) is 5.69. The number of hydrogen-bond acceptors (Lipinski definition) is 5. The second kappa shape index (κ2) is 8.26. The Bertz CT molecular complexity index is 916. The van der Waals surface area contributed by atoms with Gasteiger partial charge in [-0.2, -0.15) is 0 Å². The predicted molar refractivity (Wildman–Crippen MR) is 117 cm³/mol. The molecule has 1 saturated carbocycles. The molecule has 4 rings (SSSR count). The topological polar surface area (TPSA) is 63.7 Å². The summed E-state index contributed by atoms with van der Waals surface area (Å²) in [4.78, 5) is 19.6. The van der Waals surface area contributed by atoms with Crippen molar-refractivity contribution in [3.8, 4) is 5.75 Å². The van der Waals surface area contributed by atoms with Gasteiger partial charge in [-0.25, -0.2) is 0 Å². The number of nitrogens with zero attached hydrogens (tertiary/aromatic N) is 2. The maximum absolute atomic E-state index is 13.0. The molecule has 1 amide bonds. The molecule has 6 nitrogen and oxygen atoms in total. The van der Waals surface area contributed by atoms with Crippen LogP contribution in [0.3, 0.4) is 0 Å². The number of amides is 1. The summed E-state index contributed by atoms with van der Waals surface area (Å²) in [7, 11) is 1.69. The number of nitrogens with one attached hydrogen (secondary N) is 1. The van der Waals surface area contributed by atoms with Crippen molar-refractivity contribution >= 4 is 11.6 Å². The van der Waals surface area contributed by atoms with Gasteiger partial charge in [0.05, 0.1) is 19.3 Å². The predicted octanol–water partition coefficient (Wildman–Crippen LogP) is 3.52. The van der Waals surface area contributed by atoms with E-state index < -0.39 is 0 Å². The van der Waals surface area contributed by atoms with Gasteiger partial charge in [0.15, 0.2) is 0 Å². The third-order valence-corrected chi connectivity index (χ3v) is 5.96. The molecule has 0 bridgehead atoms. The molecule has 2 fully saturated rings. The quantitative estimate of drug-likeness (QED) is 0.791. The standard InChI is InChI=1S/C24H31N3O3/c1-16-5-6-22(29-4)19(11-16)13-24(8-9-24)26-23(28)21-12-20(7-10-25-21)27-14-17(2)30-18(3)15-27/h5-7,10-12,17-18H,8-9,13-15H2,1-4H3,(H,26,28)/t17-,18+. The van der Waals surface area contributed by atoms with Crippen LogP contribution >= 0.6 is 0 Å². The Hall–Kier alpha value is -2.60. The number of benzene rings is 1. The Labute approximate surface area is 178 Å². The van der Waals surface area contributed by atoms with Crippen molar-refractivity contribution in [1.29, 1.82) is 0 Å². The fourth-order valence-electron chi connectivity index (χ4n) is 4.34. The molecule has 1 aromatic carbocycles. The first kappa shape index (κ1) is 20.7. The summed E-state index contributed by atoms with van der Waals surface area (Å²) < 4.78 is 11.3. The highest BCUT2D eigenvalue weighted by Crippen LogP contribution is 2.41. The number of aryl methyl sites for hydroxylation is 1. The van der Waals surface area contributed by atoms with Gasteiger partial charge in [0.2, 0.25) is 0 Å². The fourth-order valence-corrected chi connectivity index (χ4v) is 4.34. The number of methoxy groups -OCH3 is 1. The number of pyridine rings is 1. The third kappa shape index (κ3) is 4.59. The molecule has 160 valence electrons. The zero-order chi connectivity index (χ0) is 21.3. The summed E-state index contributed by atoms with van der Waals surface area (Å²) in [5.41, 5.74) is 3.59. The fraction of sp³-hybridized carbons (Fsp3) is 0.500. The Morgan fingerprint density at radius 2 is 1.97 bits per heavy atom. The monoisotopic (exact) mass is 409 g/mol. The number of aromatic nitrogens is 1. The van der Waals surface area contributed by atoms with Crippen LogP contribution in [0.25, 0.3) is 0 Å². The van der Waals surface area contributed by atoms with Crippen molar-refractivity contribution < 1.29 is 14.3 Å². The first-order valence-corrected chi connectivity index (χ1v) is 10.7. The van der Waals surface area contributed by atoms with E-state index in [0.717, 1.165) is 49.4 Å². The van der Waals surface area contributed by atoms with E-state index >= 15 is 0 Å². The zero-order valence-corrected chi connectivity index (χ0v) is 18.3. The summed E-state index contributed by atoms with van der Waals surface area (Å²) in [5, 5.41) is 3.25. The van der Waals surface area contributed by atoms with Gasteiger partial charge in [-0.1, -0.05) is 17.7 Å². The van der Waals surface area contributed by atoms with Gasteiger partial charge in [-0.05, 0) is 63.8 Å². The zero-order valence-electron chi connectivity index (χ0n) is 18.3. The molecule has 2 aliphatic rings.